The Morgan fingerprint density at radius 2 is 1.95 bits per heavy atom. The molecule has 3 aliphatic rings. The molecule has 0 aromatic rings. The first-order chi connectivity index (χ1) is 9.29. The Hall–Kier alpha value is -0.450. The van der Waals surface area contributed by atoms with Crippen LogP contribution in [0.15, 0.2) is 0 Å². The van der Waals surface area contributed by atoms with Gasteiger partial charge in [-0.1, -0.05) is 0 Å². The molecule has 0 radical (unpaired) electrons. The van der Waals surface area contributed by atoms with E-state index in [1.54, 1.807) is 0 Å². The van der Waals surface area contributed by atoms with Gasteiger partial charge >= 0.3 is 0 Å². The molecule has 2 unspecified atom stereocenters. The first kappa shape index (κ1) is 14.5. The van der Waals surface area contributed by atoms with Crippen LogP contribution in [0.1, 0.15) is 40.5 Å². The number of rotatable bonds is 2. The summed E-state index contributed by atoms with van der Waals surface area (Å²) in [7, 11) is 0. The maximum absolute atomic E-state index is 12.6. The highest BCUT2D eigenvalue weighted by molar-refractivity contribution is 5.91. The Morgan fingerprint density at radius 3 is 2.60 bits per heavy atom. The molecule has 3 heterocycles. The molecule has 3 aliphatic heterocycles. The van der Waals surface area contributed by atoms with Gasteiger partial charge in [-0.3, -0.25) is 14.6 Å². The number of hydrogen-bond donors (Lipinski definition) is 0. The van der Waals surface area contributed by atoms with E-state index in [0.29, 0.717) is 0 Å². The Bertz CT molecular complexity index is 405. The lowest BCUT2D eigenvalue weighted by molar-refractivity contribution is -0.132. The number of carbonyl (C=O) groups excluding carboxylic acids is 1. The van der Waals surface area contributed by atoms with Crippen molar-refractivity contribution in [2.75, 3.05) is 32.7 Å². The van der Waals surface area contributed by atoms with Crippen molar-refractivity contribution in [2.24, 2.45) is 5.92 Å². The number of fused-ring (bicyclic) bond motifs is 1. The van der Waals surface area contributed by atoms with Crippen molar-refractivity contribution < 1.29 is 9.53 Å². The van der Waals surface area contributed by atoms with E-state index in [0.717, 1.165) is 32.2 Å². The summed E-state index contributed by atoms with van der Waals surface area (Å²) in [4.78, 5) is 17.7. The summed E-state index contributed by atoms with van der Waals surface area (Å²) >= 11 is 0. The van der Waals surface area contributed by atoms with Crippen molar-refractivity contribution in [1.29, 1.82) is 0 Å². The SMILES string of the molecule is CC1(C)OC(C)(C)C(CN2CCN3CCCC3C2)C1=O. The molecular formula is C16H28N2O2. The zero-order chi connectivity index (χ0) is 14.5. The Morgan fingerprint density at radius 1 is 1.20 bits per heavy atom. The number of piperazine rings is 1. The lowest BCUT2D eigenvalue weighted by atomic mass is 9.85. The summed E-state index contributed by atoms with van der Waals surface area (Å²) in [5, 5.41) is 0. The fourth-order valence-corrected chi connectivity index (χ4v) is 4.30. The fraction of sp³-hybridized carbons (Fsp3) is 0.938. The third-order valence-corrected chi connectivity index (χ3v) is 5.38. The van der Waals surface area contributed by atoms with Gasteiger partial charge in [0.25, 0.3) is 0 Å². The van der Waals surface area contributed by atoms with E-state index in [1.807, 2.05) is 13.8 Å². The minimum absolute atomic E-state index is 0.00505. The van der Waals surface area contributed by atoms with Gasteiger partial charge < -0.3 is 4.74 Å². The van der Waals surface area contributed by atoms with Gasteiger partial charge in [-0.25, -0.2) is 0 Å². The van der Waals surface area contributed by atoms with E-state index in [-0.39, 0.29) is 17.3 Å². The number of nitrogens with zero attached hydrogens (tertiary/aromatic N) is 2. The highest BCUT2D eigenvalue weighted by atomic mass is 16.5. The van der Waals surface area contributed by atoms with Gasteiger partial charge in [0.2, 0.25) is 0 Å². The van der Waals surface area contributed by atoms with E-state index in [4.69, 9.17) is 4.74 Å². The van der Waals surface area contributed by atoms with Gasteiger partial charge in [0.05, 0.1) is 11.5 Å². The number of Topliss-reactive ketones (excluding diaryl/α,β-unsaturated/α-hetero) is 1. The summed E-state index contributed by atoms with van der Waals surface area (Å²) in [6.07, 6.45) is 2.66. The van der Waals surface area contributed by atoms with Crippen molar-refractivity contribution in [2.45, 2.75) is 57.8 Å². The Balaban J connectivity index is 1.67. The summed E-state index contributed by atoms with van der Waals surface area (Å²) in [5.74, 6) is 0.279. The van der Waals surface area contributed by atoms with E-state index >= 15 is 0 Å². The van der Waals surface area contributed by atoms with Crippen LogP contribution < -0.4 is 0 Å². The minimum atomic E-state index is -0.622. The molecule has 114 valence electrons. The molecule has 0 amide bonds. The van der Waals surface area contributed by atoms with Crippen LogP contribution in [-0.2, 0) is 9.53 Å². The lowest BCUT2D eigenvalue weighted by Crippen LogP contribution is -2.53. The highest BCUT2D eigenvalue weighted by Gasteiger charge is 2.53. The third kappa shape index (κ3) is 2.42. The van der Waals surface area contributed by atoms with Crippen LogP contribution in [0.2, 0.25) is 0 Å². The number of hydrogen-bond acceptors (Lipinski definition) is 4. The van der Waals surface area contributed by atoms with Gasteiger partial charge in [0, 0.05) is 32.2 Å². The van der Waals surface area contributed by atoms with Crippen molar-refractivity contribution in [3.05, 3.63) is 0 Å². The molecule has 3 saturated heterocycles. The smallest absolute Gasteiger partial charge is 0.171 e. The maximum Gasteiger partial charge on any atom is 0.171 e. The largest absolute Gasteiger partial charge is 0.361 e. The van der Waals surface area contributed by atoms with Gasteiger partial charge in [-0.15, -0.1) is 0 Å². The van der Waals surface area contributed by atoms with E-state index in [1.165, 1.54) is 19.4 Å². The van der Waals surface area contributed by atoms with Gasteiger partial charge in [-0.05, 0) is 47.1 Å². The summed E-state index contributed by atoms with van der Waals surface area (Å²) in [6.45, 7) is 13.5. The molecule has 0 spiro atoms. The molecule has 20 heavy (non-hydrogen) atoms. The second-order valence-corrected chi connectivity index (χ2v) is 7.72. The van der Waals surface area contributed by atoms with Gasteiger partial charge in [0.1, 0.15) is 5.60 Å². The second-order valence-electron chi connectivity index (χ2n) is 7.72. The third-order valence-electron chi connectivity index (χ3n) is 5.38. The zero-order valence-corrected chi connectivity index (χ0v) is 13.3. The molecule has 0 N–H and O–H groups in total. The molecule has 0 aromatic carbocycles. The van der Waals surface area contributed by atoms with E-state index in [9.17, 15) is 4.79 Å². The van der Waals surface area contributed by atoms with Crippen LogP contribution in [0.3, 0.4) is 0 Å². The monoisotopic (exact) mass is 280 g/mol. The molecule has 4 nitrogen and oxygen atoms in total. The van der Waals surface area contributed by atoms with Crippen molar-refractivity contribution >= 4 is 5.78 Å². The first-order valence-corrected chi connectivity index (χ1v) is 8.00. The predicted octanol–water partition coefficient (Wildman–Crippen LogP) is 1.54. The topological polar surface area (TPSA) is 32.8 Å². The summed E-state index contributed by atoms with van der Waals surface area (Å²) < 4.78 is 6.00. The van der Waals surface area contributed by atoms with Crippen molar-refractivity contribution in [3.8, 4) is 0 Å². The average Bonchev–Trinajstić information content (AvgIpc) is 2.85. The van der Waals surface area contributed by atoms with E-state index < -0.39 is 5.60 Å². The summed E-state index contributed by atoms with van der Waals surface area (Å²) in [6, 6.07) is 0.720. The molecule has 0 bridgehead atoms. The Labute approximate surface area is 122 Å². The van der Waals surface area contributed by atoms with Crippen LogP contribution in [0.25, 0.3) is 0 Å². The zero-order valence-electron chi connectivity index (χ0n) is 13.3. The first-order valence-electron chi connectivity index (χ1n) is 8.00. The molecule has 2 atom stereocenters. The molecular weight excluding hydrogens is 252 g/mol. The summed E-state index contributed by atoms with van der Waals surface area (Å²) in [5.41, 5.74) is -0.962. The van der Waals surface area contributed by atoms with Crippen molar-refractivity contribution in [3.63, 3.8) is 0 Å². The quantitative estimate of drug-likeness (QED) is 0.768. The van der Waals surface area contributed by atoms with Crippen LogP contribution in [0.4, 0.5) is 0 Å². The molecule has 3 fully saturated rings. The second kappa shape index (κ2) is 4.79. The average molecular weight is 280 g/mol. The number of ether oxygens (including phenoxy) is 1. The van der Waals surface area contributed by atoms with Crippen LogP contribution in [0, 0.1) is 5.92 Å². The van der Waals surface area contributed by atoms with E-state index in [2.05, 4.69) is 23.6 Å². The van der Waals surface area contributed by atoms with Crippen LogP contribution in [0.5, 0.6) is 0 Å². The molecule has 4 heteroatoms. The highest BCUT2D eigenvalue weighted by Crippen LogP contribution is 2.39. The van der Waals surface area contributed by atoms with Gasteiger partial charge in [0.15, 0.2) is 5.78 Å². The minimum Gasteiger partial charge on any atom is -0.361 e. The molecule has 3 rings (SSSR count). The maximum atomic E-state index is 12.6. The van der Waals surface area contributed by atoms with Crippen LogP contribution >= 0.6 is 0 Å². The fourth-order valence-electron chi connectivity index (χ4n) is 4.30. The Kier molecular flexibility index (Phi) is 3.47. The number of ketones is 1. The lowest BCUT2D eigenvalue weighted by Gasteiger charge is -2.39. The predicted molar refractivity (Wildman–Crippen MR) is 78.8 cm³/mol. The standard InChI is InChI=1S/C16H28N2O2/c1-15(2)13(14(19)16(3,4)20-15)11-17-8-9-18-7-5-6-12(18)10-17/h12-13H,5-11H2,1-4H3. The number of carbonyl (C=O) groups is 1. The van der Waals surface area contributed by atoms with Crippen LogP contribution in [-0.4, -0.2) is 65.6 Å². The van der Waals surface area contributed by atoms with Gasteiger partial charge in [-0.2, -0.15) is 0 Å². The molecule has 0 saturated carbocycles. The van der Waals surface area contributed by atoms with Crippen molar-refractivity contribution in [1.82, 2.24) is 9.80 Å². The molecule has 0 aromatic heterocycles. The molecule has 0 aliphatic carbocycles. The normalized spacial score (nSPS) is 37.3.